The highest BCUT2D eigenvalue weighted by molar-refractivity contribution is 6.06. The van der Waals surface area contributed by atoms with Gasteiger partial charge < -0.3 is 19.9 Å². The topological polar surface area (TPSA) is 70.6 Å². The third kappa shape index (κ3) is 3.86. The molecule has 7 heteroatoms. The normalized spacial score (nSPS) is 20.4. The zero-order valence-corrected chi connectivity index (χ0v) is 15.3. The summed E-state index contributed by atoms with van der Waals surface area (Å²) in [5.74, 6) is 1.78. The van der Waals surface area contributed by atoms with E-state index in [0.717, 1.165) is 69.1 Å². The number of unbranched alkanes of at least 4 members (excludes halogenated alkanes) is 2. The van der Waals surface area contributed by atoms with E-state index in [-0.39, 0.29) is 11.9 Å². The molecular formula is C18H29N5O2. The second-order valence-corrected chi connectivity index (χ2v) is 6.68. The van der Waals surface area contributed by atoms with Gasteiger partial charge in [-0.1, -0.05) is 33.1 Å². The van der Waals surface area contributed by atoms with Gasteiger partial charge in [0.15, 0.2) is 11.6 Å². The number of ether oxygens (including phenoxy) is 1. The summed E-state index contributed by atoms with van der Waals surface area (Å²) < 4.78 is 5.46. The van der Waals surface area contributed by atoms with Crippen LogP contribution in [0.1, 0.15) is 46.0 Å². The predicted octanol–water partition coefficient (Wildman–Crippen LogP) is 2.43. The molecule has 0 aromatic carbocycles. The molecular weight excluding hydrogens is 318 g/mol. The zero-order chi connectivity index (χ0) is 17.6. The summed E-state index contributed by atoms with van der Waals surface area (Å²) in [6, 6.07) is -0.184. The molecule has 2 aliphatic heterocycles. The Labute approximate surface area is 149 Å². The lowest BCUT2D eigenvalue weighted by atomic mass is 10.0. The summed E-state index contributed by atoms with van der Waals surface area (Å²) in [7, 11) is 0. The Morgan fingerprint density at radius 2 is 1.96 bits per heavy atom. The predicted molar refractivity (Wildman–Crippen MR) is 99.3 cm³/mol. The Kier molecular flexibility index (Phi) is 6.07. The summed E-state index contributed by atoms with van der Waals surface area (Å²) in [6.45, 7) is 7.97. The van der Waals surface area contributed by atoms with Crippen LogP contribution in [0.15, 0.2) is 6.33 Å². The molecule has 0 bridgehead atoms. The van der Waals surface area contributed by atoms with Crippen molar-refractivity contribution in [3.63, 3.8) is 0 Å². The second-order valence-electron chi connectivity index (χ2n) is 6.68. The summed E-state index contributed by atoms with van der Waals surface area (Å²) >= 11 is 0. The van der Waals surface area contributed by atoms with E-state index in [2.05, 4.69) is 34.0 Å². The van der Waals surface area contributed by atoms with Crippen molar-refractivity contribution in [1.29, 1.82) is 0 Å². The smallest absolute Gasteiger partial charge is 0.249 e. The maximum Gasteiger partial charge on any atom is 0.249 e. The van der Waals surface area contributed by atoms with E-state index in [1.165, 1.54) is 0 Å². The molecule has 0 radical (unpaired) electrons. The maximum absolute atomic E-state index is 13.1. The lowest BCUT2D eigenvalue weighted by Crippen LogP contribution is -2.49. The van der Waals surface area contributed by atoms with Crippen LogP contribution in [0.3, 0.4) is 0 Å². The molecule has 1 aromatic rings. The van der Waals surface area contributed by atoms with E-state index in [0.29, 0.717) is 13.2 Å². The third-order valence-electron chi connectivity index (χ3n) is 4.84. The highest BCUT2D eigenvalue weighted by atomic mass is 16.5. The number of rotatable bonds is 7. The van der Waals surface area contributed by atoms with Crippen molar-refractivity contribution in [2.45, 2.75) is 52.0 Å². The van der Waals surface area contributed by atoms with Crippen LogP contribution in [0, 0.1) is 0 Å². The molecule has 1 N–H and O–H groups in total. The van der Waals surface area contributed by atoms with Gasteiger partial charge in [-0.15, -0.1) is 0 Å². The first kappa shape index (κ1) is 17.9. The first-order valence-corrected chi connectivity index (χ1v) is 9.51. The summed E-state index contributed by atoms with van der Waals surface area (Å²) in [5.41, 5.74) is 0.843. The van der Waals surface area contributed by atoms with Gasteiger partial charge in [0, 0.05) is 19.6 Å². The summed E-state index contributed by atoms with van der Waals surface area (Å²) in [4.78, 5) is 26.2. The van der Waals surface area contributed by atoms with Crippen molar-refractivity contribution in [3.05, 3.63) is 6.33 Å². The Morgan fingerprint density at radius 3 is 2.68 bits per heavy atom. The molecule has 0 spiro atoms. The number of aromatic nitrogens is 2. The minimum atomic E-state index is -0.184. The molecule has 0 saturated carbocycles. The van der Waals surface area contributed by atoms with Gasteiger partial charge in [-0.05, 0) is 12.8 Å². The minimum Gasteiger partial charge on any atom is -0.378 e. The molecule has 1 amide bonds. The highest BCUT2D eigenvalue weighted by Crippen LogP contribution is 2.38. The van der Waals surface area contributed by atoms with Gasteiger partial charge >= 0.3 is 0 Å². The Morgan fingerprint density at radius 1 is 1.20 bits per heavy atom. The van der Waals surface area contributed by atoms with Crippen LogP contribution in [0.4, 0.5) is 17.3 Å². The number of carbonyl (C=O) groups excluding carboxylic acids is 1. The molecule has 25 heavy (non-hydrogen) atoms. The molecule has 138 valence electrons. The summed E-state index contributed by atoms with van der Waals surface area (Å²) in [6.07, 6.45) is 6.57. The lowest BCUT2D eigenvalue weighted by Gasteiger charge is -2.38. The standard InChI is InChI=1S/C18H29N5O2/c1-3-5-7-14-18(24)23(8-6-4-2)15-16(21-14)19-13-20-17(15)22-9-11-25-12-10-22/h13-14H,3-12H2,1-2H3,(H,19,20,21)/t14-/m0/s1. The Balaban J connectivity index is 1.94. The van der Waals surface area contributed by atoms with Crippen LogP contribution in [0.25, 0.3) is 0 Å². The number of carbonyl (C=O) groups is 1. The SMILES string of the molecule is CCCC[C@@H]1Nc2ncnc(N3CCOCC3)c2N(CCCC)C1=O. The van der Waals surface area contributed by atoms with Crippen LogP contribution < -0.4 is 15.1 Å². The van der Waals surface area contributed by atoms with Crippen molar-refractivity contribution < 1.29 is 9.53 Å². The maximum atomic E-state index is 13.1. The first-order chi connectivity index (χ1) is 12.3. The fourth-order valence-corrected chi connectivity index (χ4v) is 3.40. The van der Waals surface area contributed by atoms with Crippen LogP contribution >= 0.6 is 0 Å². The Hall–Kier alpha value is -1.89. The van der Waals surface area contributed by atoms with Crippen molar-refractivity contribution in [1.82, 2.24) is 9.97 Å². The average molecular weight is 347 g/mol. The van der Waals surface area contributed by atoms with Crippen LogP contribution in [-0.4, -0.2) is 54.8 Å². The number of morpholine rings is 1. The number of nitrogens with one attached hydrogen (secondary N) is 1. The highest BCUT2D eigenvalue weighted by Gasteiger charge is 2.36. The zero-order valence-electron chi connectivity index (χ0n) is 15.3. The molecule has 0 unspecified atom stereocenters. The van der Waals surface area contributed by atoms with E-state index >= 15 is 0 Å². The van der Waals surface area contributed by atoms with Crippen LogP contribution in [0.2, 0.25) is 0 Å². The first-order valence-electron chi connectivity index (χ1n) is 9.51. The largest absolute Gasteiger partial charge is 0.378 e. The van der Waals surface area contributed by atoms with Gasteiger partial charge in [-0.2, -0.15) is 0 Å². The molecule has 3 heterocycles. The lowest BCUT2D eigenvalue weighted by molar-refractivity contribution is -0.119. The monoisotopic (exact) mass is 347 g/mol. The molecule has 1 aromatic heterocycles. The van der Waals surface area contributed by atoms with E-state index < -0.39 is 0 Å². The molecule has 1 fully saturated rings. The molecule has 7 nitrogen and oxygen atoms in total. The average Bonchev–Trinajstić information content (AvgIpc) is 2.66. The van der Waals surface area contributed by atoms with Crippen LogP contribution in [0.5, 0.6) is 0 Å². The molecule has 3 rings (SSSR count). The molecule has 2 aliphatic rings. The van der Waals surface area contributed by atoms with Gasteiger partial charge in [0.2, 0.25) is 5.91 Å². The van der Waals surface area contributed by atoms with E-state index in [1.807, 2.05) is 4.90 Å². The van der Waals surface area contributed by atoms with Crippen molar-refractivity contribution in [2.24, 2.45) is 0 Å². The number of nitrogens with zero attached hydrogens (tertiary/aromatic N) is 4. The molecule has 1 saturated heterocycles. The minimum absolute atomic E-state index is 0.152. The number of anilines is 3. The van der Waals surface area contributed by atoms with Crippen molar-refractivity contribution in [2.75, 3.05) is 48.0 Å². The third-order valence-corrected chi connectivity index (χ3v) is 4.84. The number of hydrogen-bond donors (Lipinski definition) is 1. The van der Waals surface area contributed by atoms with Gasteiger partial charge in [0.1, 0.15) is 18.1 Å². The quantitative estimate of drug-likeness (QED) is 0.817. The Bertz CT molecular complexity index is 589. The fourth-order valence-electron chi connectivity index (χ4n) is 3.40. The number of fused-ring (bicyclic) bond motifs is 1. The van der Waals surface area contributed by atoms with Crippen molar-refractivity contribution in [3.8, 4) is 0 Å². The molecule has 1 atom stereocenters. The van der Waals surface area contributed by atoms with E-state index in [9.17, 15) is 4.79 Å². The van der Waals surface area contributed by atoms with E-state index in [4.69, 9.17) is 4.74 Å². The van der Waals surface area contributed by atoms with Crippen molar-refractivity contribution >= 4 is 23.2 Å². The van der Waals surface area contributed by atoms with Gasteiger partial charge in [-0.3, -0.25) is 4.79 Å². The number of amides is 1. The van der Waals surface area contributed by atoms with Gasteiger partial charge in [-0.25, -0.2) is 9.97 Å². The van der Waals surface area contributed by atoms with E-state index in [1.54, 1.807) is 6.33 Å². The number of hydrogen-bond acceptors (Lipinski definition) is 6. The second kappa shape index (κ2) is 8.47. The fraction of sp³-hybridized carbons (Fsp3) is 0.722. The summed E-state index contributed by atoms with van der Waals surface area (Å²) in [5, 5.41) is 3.37. The van der Waals surface area contributed by atoms with Gasteiger partial charge in [0.05, 0.1) is 13.2 Å². The molecule has 0 aliphatic carbocycles. The van der Waals surface area contributed by atoms with Crippen LogP contribution in [-0.2, 0) is 9.53 Å². The van der Waals surface area contributed by atoms with Gasteiger partial charge in [0.25, 0.3) is 0 Å².